The Bertz CT molecular complexity index is 434. The summed E-state index contributed by atoms with van der Waals surface area (Å²) < 4.78 is 23.6. The lowest BCUT2D eigenvalue weighted by Gasteiger charge is -2.35. The molecule has 0 spiro atoms. The molecule has 0 aliphatic carbocycles. The Morgan fingerprint density at radius 2 is 0.741 bits per heavy atom. The van der Waals surface area contributed by atoms with Gasteiger partial charge in [-0.2, -0.15) is 0 Å². The highest BCUT2D eigenvalue weighted by Gasteiger charge is 2.45. The second-order valence-electron chi connectivity index (χ2n) is 10.9. The minimum Gasteiger partial charge on any atom is -0.394 e. The van der Waals surface area contributed by atoms with Crippen LogP contribution in [-0.2, 0) is 9.13 Å². The van der Waals surface area contributed by atoms with Gasteiger partial charge in [-0.1, -0.05) is 83.1 Å². The Hall–Kier alpha value is 0.300. The predicted molar refractivity (Wildman–Crippen MR) is 117 cm³/mol. The lowest BCUT2D eigenvalue weighted by atomic mass is 10.2. The monoisotopic (exact) mass is 432 g/mol. The van der Waals surface area contributed by atoms with E-state index in [4.69, 9.17) is 10.2 Å². The fourth-order valence-corrected chi connectivity index (χ4v) is 6.04. The first kappa shape index (κ1) is 32.0. The summed E-state index contributed by atoms with van der Waals surface area (Å²) in [5.74, 6) is 0. The first-order valence-electron chi connectivity index (χ1n) is 9.22. The smallest absolute Gasteiger partial charge is 0.210 e. The van der Waals surface area contributed by atoms with Crippen molar-refractivity contribution in [2.75, 3.05) is 6.61 Å². The Labute approximate surface area is 167 Å². The molecule has 1 atom stereocenters. The SMILES string of the molecule is CC(C)(C)P(=O)(O)C(C)(C)C.CC(C)(C)P(=O)(O)C(C)(C)C.CC(O)CO. The van der Waals surface area contributed by atoms with Crippen molar-refractivity contribution in [1.29, 1.82) is 0 Å². The Morgan fingerprint density at radius 3 is 0.741 bits per heavy atom. The van der Waals surface area contributed by atoms with Crippen LogP contribution < -0.4 is 0 Å². The van der Waals surface area contributed by atoms with E-state index in [0.717, 1.165) is 0 Å². The van der Waals surface area contributed by atoms with Crippen molar-refractivity contribution in [2.24, 2.45) is 0 Å². The summed E-state index contributed by atoms with van der Waals surface area (Å²) in [5.41, 5.74) is 0. The molecule has 0 aromatic carbocycles. The summed E-state index contributed by atoms with van der Waals surface area (Å²) in [5, 5.41) is 14.0. The minimum atomic E-state index is -3.06. The number of aliphatic hydroxyl groups is 2. The van der Waals surface area contributed by atoms with Gasteiger partial charge in [0.2, 0.25) is 14.7 Å². The molecule has 0 aromatic rings. The predicted octanol–water partition coefficient (Wildman–Crippen LogP) is 5.07. The largest absolute Gasteiger partial charge is 0.394 e. The summed E-state index contributed by atoms with van der Waals surface area (Å²) in [4.78, 5) is 19.5. The van der Waals surface area contributed by atoms with Crippen LogP contribution in [0.2, 0.25) is 0 Å². The maximum absolute atomic E-state index is 11.8. The molecule has 0 rings (SSSR count). The molecule has 0 saturated heterocycles. The van der Waals surface area contributed by atoms with Gasteiger partial charge in [0.15, 0.2) is 0 Å². The molecule has 0 aromatic heterocycles. The van der Waals surface area contributed by atoms with E-state index in [2.05, 4.69) is 0 Å². The lowest BCUT2D eigenvalue weighted by Crippen LogP contribution is -2.28. The summed E-state index contributed by atoms with van der Waals surface area (Å²) in [6, 6.07) is 0. The van der Waals surface area contributed by atoms with Crippen LogP contribution in [-0.4, -0.2) is 53.3 Å². The molecule has 0 fully saturated rings. The van der Waals surface area contributed by atoms with Gasteiger partial charge in [0, 0.05) is 20.6 Å². The molecule has 0 bridgehead atoms. The molecule has 0 aliphatic heterocycles. The van der Waals surface area contributed by atoms with Gasteiger partial charge >= 0.3 is 0 Å². The first-order valence-corrected chi connectivity index (χ1v) is 12.5. The van der Waals surface area contributed by atoms with Crippen molar-refractivity contribution < 1.29 is 29.1 Å². The van der Waals surface area contributed by atoms with Crippen LogP contribution in [0.4, 0.5) is 0 Å². The molecule has 8 heteroatoms. The van der Waals surface area contributed by atoms with E-state index in [9.17, 15) is 18.9 Å². The third-order valence-corrected chi connectivity index (χ3v) is 11.2. The average Bonchev–Trinajstić information content (AvgIpc) is 2.34. The van der Waals surface area contributed by atoms with Crippen molar-refractivity contribution in [3.8, 4) is 0 Å². The van der Waals surface area contributed by atoms with Gasteiger partial charge < -0.3 is 20.0 Å². The van der Waals surface area contributed by atoms with Gasteiger partial charge in [0.05, 0.1) is 12.7 Å². The maximum atomic E-state index is 11.8. The second-order valence-corrected chi connectivity index (χ2v) is 18.5. The molecule has 0 aliphatic rings. The third kappa shape index (κ3) is 10.6. The average molecular weight is 433 g/mol. The molecular formula is C19H46O6P2. The number of hydrogen-bond donors (Lipinski definition) is 4. The zero-order chi connectivity index (χ0) is 23.3. The molecular weight excluding hydrogens is 386 g/mol. The van der Waals surface area contributed by atoms with Crippen LogP contribution in [0.25, 0.3) is 0 Å². The summed E-state index contributed by atoms with van der Waals surface area (Å²) in [7, 11) is -6.12. The Balaban J connectivity index is -0.000000344. The first-order chi connectivity index (χ1) is 11.3. The van der Waals surface area contributed by atoms with Gasteiger partial charge in [-0.25, -0.2) is 0 Å². The molecule has 1 unspecified atom stereocenters. The van der Waals surface area contributed by atoms with Crippen LogP contribution in [0.1, 0.15) is 90.0 Å². The van der Waals surface area contributed by atoms with Crippen LogP contribution in [0.15, 0.2) is 0 Å². The van der Waals surface area contributed by atoms with Crippen molar-refractivity contribution in [3.05, 3.63) is 0 Å². The quantitative estimate of drug-likeness (QED) is 0.430. The summed E-state index contributed by atoms with van der Waals surface area (Å²) in [6.45, 7) is 23.0. The Morgan fingerprint density at radius 1 is 0.630 bits per heavy atom. The van der Waals surface area contributed by atoms with E-state index < -0.39 is 41.5 Å². The highest BCUT2D eigenvalue weighted by atomic mass is 31.2. The van der Waals surface area contributed by atoms with E-state index in [1.54, 1.807) is 83.1 Å². The van der Waals surface area contributed by atoms with Crippen LogP contribution in [0, 0.1) is 0 Å². The normalized spacial score (nSPS) is 15.1. The standard InChI is InChI=1S/2C8H19O2P.C3H8O2/c2*1-7(2,3)11(9,10)8(4,5)6;1-3(5)2-4/h2*1-6H3,(H,9,10);3-5H,2H2,1H3. The van der Waals surface area contributed by atoms with Crippen molar-refractivity contribution in [1.82, 2.24) is 0 Å². The minimum absolute atomic E-state index is 0.139. The molecule has 27 heavy (non-hydrogen) atoms. The van der Waals surface area contributed by atoms with E-state index in [1.165, 1.54) is 6.92 Å². The van der Waals surface area contributed by atoms with Crippen LogP contribution in [0.3, 0.4) is 0 Å². The van der Waals surface area contributed by atoms with Gasteiger partial charge in [-0.3, -0.25) is 9.13 Å². The second kappa shape index (κ2) is 10.4. The molecule has 0 radical (unpaired) electrons. The molecule has 0 heterocycles. The zero-order valence-electron chi connectivity index (χ0n) is 19.8. The lowest BCUT2D eigenvalue weighted by molar-refractivity contribution is 0.110. The van der Waals surface area contributed by atoms with Gasteiger partial charge in [-0.05, 0) is 6.92 Å². The number of hydrogen-bond acceptors (Lipinski definition) is 4. The van der Waals surface area contributed by atoms with Gasteiger partial charge in [0.1, 0.15) is 0 Å². The maximum Gasteiger partial charge on any atom is 0.210 e. The van der Waals surface area contributed by atoms with Gasteiger partial charge in [-0.15, -0.1) is 0 Å². The van der Waals surface area contributed by atoms with Crippen LogP contribution >= 0.6 is 14.7 Å². The van der Waals surface area contributed by atoms with E-state index in [0.29, 0.717) is 0 Å². The third-order valence-electron chi connectivity index (χ3n) is 3.90. The van der Waals surface area contributed by atoms with Crippen molar-refractivity contribution >= 4 is 14.7 Å². The molecule has 0 saturated carbocycles. The molecule has 6 nitrogen and oxygen atoms in total. The summed E-state index contributed by atoms with van der Waals surface area (Å²) >= 11 is 0. The summed E-state index contributed by atoms with van der Waals surface area (Å²) in [6.07, 6.45) is -0.560. The fraction of sp³-hybridized carbons (Fsp3) is 1.00. The Kier molecular flexibility index (Phi) is 12.3. The van der Waals surface area contributed by atoms with E-state index in [-0.39, 0.29) is 6.61 Å². The molecule has 168 valence electrons. The topological polar surface area (TPSA) is 115 Å². The number of aliphatic hydroxyl groups excluding tert-OH is 2. The molecule has 0 amide bonds. The van der Waals surface area contributed by atoms with E-state index in [1.807, 2.05) is 0 Å². The van der Waals surface area contributed by atoms with Crippen molar-refractivity contribution in [3.63, 3.8) is 0 Å². The highest BCUT2D eigenvalue weighted by molar-refractivity contribution is 7.61. The van der Waals surface area contributed by atoms with Crippen molar-refractivity contribution in [2.45, 2.75) is 117 Å². The van der Waals surface area contributed by atoms with Gasteiger partial charge in [0.25, 0.3) is 0 Å². The van der Waals surface area contributed by atoms with E-state index >= 15 is 0 Å². The number of rotatable bonds is 1. The highest BCUT2D eigenvalue weighted by Crippen LogP contribution is 2.64. The zero-order valence-corrected chi connectivity index (χ0v) is 21.6. The fourth-order valence-electron chi connectivity index (χ4n) is 2.01. The van der Waals surface area contributed by atoms with Crippen LogP contribution in [0.5, 0.6) is 0 Å². The molecule has 4 N–H and O–H groups in total.